The Balaban J connectivity index is 4.50. The predicted molar refractivity (Wildman–Crippen MR) is 58.1 cm³/mol. The first-order valence-corrected chi connectivity index (χ1v) is 5.03. The van der Waals surface area contributed by atoms with Gasteiger partial charge in [0.05, 0.1) is 0 Å². The molecule has 0 aliphatic heterocycles. The fourth-order valence-corrected chi connectivity index (χ4v) is 1.55. The third-order valence-corrected chi connectivity index (χ3v) is 2.33. The Labute approximate surface area is 86.7 Å². The van der Waals surface area contributed by atoms with Crippen LogP contribution in [0, 0.1) is 11.3 Å². The highest BCUT2D eigenvalue weighted by molar-refractivity contribution is 5.67. The monoisotopic (exact) mass is 201 g/mol. The summed E-state index contributed by atoms with van der Waals surface area (Å²) in [7, 11) is 0. The van der Waals surface area contributed by atoms with Crippen LogP contribution in [-0.4, -0.2) is 16.6 Å². The molecule has 0 heterocycles. The fourth-order valence-electron chi connectivity index (χ4n) is 1.55. The van der Waals surface area contributed by atoms with Crippen LogP contribution in [0.5, 0.6) is 0 Å². The van der Waals surface area contributed by atoms with Gasteiger partial charge >= 0.3 is 5.97 Å². The van der Waals surface area contributed by atoms with Gasteiger partial charge < -0.3 is 10.8 Å². The maximum absolute atomic E-state index is 10.7. The quantitative estimate of drug-likeness (QED) is 0.733. The van der Waals surface area contributed by atoms with Crippen LogP contribution in [0.4, 0.5) is 0 Å². The highest BCUT2D eigenvalue weighted by Crippen LogP contribution is 2.31. The molecule has 0 radical (unpaired) electrons. The minimum atomic E-state index is -0.766. The van der Waals surface area contributed by atoms with Gasteiger partial charge in [0.2, 0.25) is 0 Å². The minimum Gasteiger partial charge on any atom is -0.481 e. The lowest BCUT2D eigenvalue weighted by atomic mass is 9.75. The maximum Gasteiger partial charge on any atom is 0.303 e. The second kappa shape index (κ2) is 4.30. The third kappa shape index (κ3) is 5.97. The van der Waals surface area contributed by atoms with Gasteiger partial charge in [0.25, 0.3) is 0 Å². The number of rotatable bonds is 4. The average molecular weight is 201 g/mol. The highest BCUT2D eigenvalue weighted by Gasteiger charge is 2.31. The lowest BCUT2D eigenvalue weighted by Crippen LogP contribution is -2.43. The van der Waals surface area contributed by atoms with E-state index in [4.69, 9.17) is 10.8 Å². The van der Waals surface area contributed by atoms with E-state index in [-0.39, 0.29) is 17.8 Å². The second-order valence-corrected chi connectivity index (χ2v) is 5.88. The van der Waals surface area contributed by atoms with E-state index >= 15 is 0 Å². The molecular weight excluding hydrogens is 178 g/mol. The number of aliphatic carboxylic acids is 1. The van der Waals surface area contributed by atoms with Crippen molar-refractivity contribution in [2.24, 2.45) is 17.1 Å². The van der Waals surface area contributed by atoms with Crippen LogP contribution in [0.25, 0.3) is 0 Å². The van der Waals surface area contributed by atoms with Crippen LogP contribution >= 0.6 is 0 Å². The first-order chi connectivity index (χ1) is 6.02. The van der Waals surface area contributed by atoms with Crippen molar-refractivity contribution >= 4 is 5.97 Å². The molecule has 0 aliphatic rings. The Hall–Kier alpha value is -0.570. The Kier molecular flexibility index (Phi) is 4.13. The maximum atomic E-state index is 10.7. The third-order valence-electron chi connectivity index (χ3n) is 2.33. The molecule has 0 rings (SSSR count). The standard InChI is InChI=1S/C11H23NO2/c1-10(2,3)7-8(6-9(13)14)11(4,5)12/h8H,6-7,12H2,1-5H3,(H,13,14). The van der Waals surface area contributed by atoms with Crippen molar-refractivity contribution in [1.82, 2.24) is 0 Å². The molecule has 3 nitrogen and oxygen atoms in total. The molecule has 3 N–H and O–H groups in total. The molecule has 14 heavy (non-hydrogen) atoms. The van der Waals surface area contributed by atoms with Crippen molar-refractivity contribution in [1.29, 1.82) is 0 Å². The molecule has 0 aliphatic carbocycles. The lowest BCUT2D eigenvalue weighted by Gasteiger charge is -2.34. The van der Waals surface area contributed by atoms with Gasteiger partial charge in [-0.1, -0.05) is 20.8 Å². The summed E-state index contributed by atoms with van der Waals surface area (Å²) in [6, 6.07) is 0. The van der Waals surface area contributed by atoms with E-state index in [1.807, 2.05) is 13.8 Å². The molecule has 0 aromatic heterocycles. The molecule has 0 aromatic rings. The van der Waals surface area contributed by atoms with E-state index in [0.717, 1.165) is 6.42 Å². The summed E-state index contributed by atoms with van der Waals surface area (Å²) in [4.78, 5) is 10.7. The zero-order valence-corrected chi connectivity index (χ0v) is 9.92. The summed E-state index contributed by atoms with van der Waals surface area (Å²) < 4.78 is 0. The van der Waals surface area contributed by atoms with E-state index < -0.39 is 11.5 Å². The molecule has 0 amide bonds. The highest BCUT2D eigenvalue weighted by atomic mass is 16.4. The number of hydrogen-bond donors (Lipinski definition) is 2. The van der Waals surface area contributed by atoms with Crippen molar-refractivity contribution in [3.8, 4) is 0 Å². The van der Waals surface area contributed by atoms with Gasteiger partial charge in [-0.3, -0.25) is 4.79 Å². The fraction of sp³-hybridized carbons (Fsp3) is 0.909. The smallest absolute Gasteiger partial charge is 0.303 e. The van der Waals surface area contributed by atoms with Crippen LogP contribution in [0.1, 0.15) is 47.5 Å². The molecule has 0 aromatic carbocycles. The van der Waals surface area contributed by atoms with Crippen LogP contribution in [-0.2, 0) is 4.79 Å². The molecule has 84 valence electrons. The Bertz CT molecular complexity index is 198. The van der Waals surface area contributed by atoms with Crippen LogP contribution in [0.15, 0.2) is 0 Å². The van der Waals surface area contributed by atoms with E-state index in [9.17, 15) is 4.79 Å². The van der Waals surface area contributed by atoms with Gasteiger partial charge in [0.15, 0.2) is 0 Å². The van der Waals surface area contributed by atoms with Crippen molar-refractivity contribution in [2.75, 3.05) is 0 Å². The number of carbonyl (C=O) groups is 1. The normalized spacial score (nSPS) is 15.3. The summed E-state index contributed by atoms with van der Waals surface area (Å²) in [5, 5.41) is 8.79. The zero-order valence-electron chi connectivity index (χ0n) is 9.92. The molecule has 1 atom stereocenters. The topological polar surface area (TPSA) is 63.3 Å². The molecule has 0 bridgehead atoms. The summed E-state index contributed by atoms with van der Waals surface area (Å²) in [5.74, 6) is -0.738. The van der Waals surface area contributed by atoms with Crippen molar-refractivity contribution in [3.05, 3.63) is 0 Å². The van der Waals surface area contributed by atoms with Gasteiger partial charge in [0, 0.05) is 12.0 Å². The van der Waals surface area contributed by atoms with Crippen LogP contribution in [0.2, 0.25) is 0 Å². The first kappa shape index (κ1) is 13.4. The molecule has 0 fully saturated rings. The van der Waals surface area contributed by atoms with Gasteiger partial charge in [-0.15, -0.1) is 0 Å². The van der Waals surface area contributed by atoms with Crippen molar-refractivity contribution < 1.29 is 9.90 Å². The molecule has 0 spiro atoms. The van der Waals surface area contributed by atoms with Crippen molar-refractivity contribution in [3.63, 3.8) is 0 Å². The van der Waals surface area contributed by atoms with E-state index in [2.05, 4.69) is 20.8 Å². The van der Waals surface area contributed by atoms with Crippen LogP contribution < -0.4 is 5.73 Å². The number of hydrogen-bond acceptors (Lipinski definition) is 2. The summed E-state index contributed by atoms with van der Waals surface area (Å²) in [6.07, 6.45) is 0.990. The molecule has 0 saturated carbocycles. The van der Waals surface area contributed by atoms with Gasteiger partial charge in [-0.2, -0.15) is 0 Å². The summed E-state index contributed by atoms with van der Waals surface area (Å²) >= 11 is 0. The molecular formula is C11H23NO2. The summed E-state index contributed by atoms with van der Waals surface area (Å²) in [6.45, 7) is 10.1. The SMILES string of the molecule is CC(C)(C)CC(CC(=O)O)C(C)(C)N. The Morgan fingerprint density at radius 1 is 1.29 bits per heavy atom. The van der Waals surface area contributed by atoms with Gasteiger partial charge in [0.1, 0.15) is 0 Å². The first-order valence-electron chi connectivity index (χ1n) is 5.03. The summed E-state index contributed by atoms with van der Waals surface area (Å²) in [5.41, 5.74) is 5.67. The van der Waals surface area contributed by atoms with E-state index in [1.165, 1.54) is 0 Å². The van der Waals surface area contributed by atoms with Crippen LogP contribution in [0.3, 0.4) is 0 Å². The Morgan fingerprint density at radius 3 is 1.93 bits per heavy atom. The predicted octanol–water partition coefficient (Wildman–Crippen LogP) is 2.25. The average Bonchev–Trinajstić information content (AvgIpc) is 1.78. The minimum absolute atomic E-state index is 0.0278. The largest absolute Gasteiger partial charge is 0.481 e. The second-order valence-electron chi connectivity index (χ2n) is 5.88. The number of carboxylic acids is 1. The lowest BCUT2D eigenvalue weighted by molar-refractivity contribution is -0.138. The van der Waals surface area contributed by atoms with Gasteiger partial charge in [-0.25, -0.2) is 0 Å². The van der Waals surface area contributed by atoms with E-state index in [1.54, 1.807) is 0 Å². The van der Waals surface area contributed by atoms with Gasteiger partial charge in [-0.05, 0) is 31.6 Å². The van der Waals surface area contributed by atoms with E-state index in [0.29, 0.717) is 0 Å². The van der Waals surface area contributed by atoms with Crippen molar-refractivity contribution in [2.45, 2.75) is 53.0 Å². The molecule has 3 heteroatoms. The zero-order chi connectivity index (χ0) is 11.6. The molecule has 1 unspecified atom stereocenters. The molecule has 0 saturated heterocycles. The Morgan fingerprint density at radius 2 is 1.71 bits per heavy atom. The number of nitrogens with two attached hydrogens (primary N) is 1. The number of carboxylic acid groups (broad SMARTS) is 1.